The van der Waals surface area contributed by atoms with Crippen LogP contribution in [0.4, 0.5) is 5.69 Å². The molecule has 0 aliphatic rings. The van der Waals surface area contributed by atoms with Gasteiger partial charge in [0.1, 0.15) is 0 Å². The molecule has 0 saturated heterocycles. The van der Waals surface area contributed by atoms with Crippen molar-refractivity contribution >= 4 is 46.1 Å². The second-order valence-corrected chi connectivity index (χ2v) is 4.92. The third-order valence-corrected chi connectivity index (χ3v) is 3.22. The summed E-state index contributed by atoms with van der Waals surface area (Å²) in [6.07, 6.45) is 3.02. The van der Waals surface area contributed by atoms with Crippen LogP contribution < -0.4 is 0 Å². The summed E-state index contributed by atoms with van der Waals surface area (Å²) in [6, 6.07) is 14.9. The van der Waals surface area contributed by atoms with E-state index in [2.05, 4.69) is 3.21 Å². The molecule has 0 aromatic heterocycles. The monoisotopic (exact) mass is 406 g/mol. The highest BCUT2D eigenvalue weighted by atomic mass is 127. The number of rotatable bonds is 5. The Morgan fingerprint density at radius 2 is 1.68 bits per heavy atom. The van der Waals surface area contributed by atoms with E-state index < -0.39 is 4.92 Å². The highest BCUT2D eigenvalue weighted by molar-refractivity contribution is 14.1. The van der Waals surface area contributed by atoms with Gasteiger partial charge in [-0.05, 0) is 23.8 Å². The lowest BCUT2D eigenvalue weighted by Gasteiger charge is -2.02. The minimum atomic E-state index is -0.464. The predicted molar refractivity (Wildman–Crippen MR) is 94.4 cm³/mol. The molecular formula is C16H11IN2O3. The van der Waals surface area contributed by atoms with Crippen molar-refractivity contribution in [3.05, 3.63) is 81.9 Å². The molecule has 0 aliphatic heterocycles. The molecule has 0 N–H and O–H groups in total. The molecule has 0 spiro atoms. The Bertz CT molecular complexity index is 738. The van der Waals surface area contributed by atoms with Crippen molar-refractivity contribution in [1.82, 2.24) is 0 Å². The molecule has 0 atom stereocenters. The van der Waals surface area contributed by atoms with Gasteiger partial charge in [0, 0.05) is 29.5 Å². The van der Waals surface area contributed by atoms with Crippen molar-refractivity contribution in [3.63, 3.8) is 0 Å². The summed E-state index contributed by atoms with van der Waals surface area (Å²) in [5, 5.41) is 10.7. The maximum Gasteiger partial charge on any atom is 0.269 e. The second kappa shape index (κ2) is 7.60. The summed E-state index contributed by atoms with van der Waals surface area (Å²) >= 11 is 1.82. The highest BCUT2D eigenvalue weighted by Crippen LogP contribution is 2.19. The van der Waals surface area contributed by atoms with E-state index in [0.717, 1.165) is 0 Å². The maximum absolute atomic E-state index is 12.2. The van der Waals surface area contributed by atoms with Gasteiger partial charge in [0.15, 0.2) is 5.78 Å². The number of hydrogen-bond acceptors (Lipinski definition) is 4. The number of nitro groups is 1. The van der Waals surface area contributed by atoms with Crippen molar-refractivity contribution in [1.29, 1.82) is 0 Å². The molecule has 6 heteroatoms. The number of hydrogen-bond donors (Lipinski definition) is 0. The third-order valence-electron chi connectivity index (χ3n) is 2.94. The van der Waals surface area contributed by atoms with Crippen molar-refractivity contribution in [2.75, 3.05) is 0 Å². The largest absolute Gasteiger partial charge is 0.289 e. The normalized spacial score (nSPS) is 11.6. The van der Waals surface area contributed by atoms with Gasteiger partial charge in [0.2, 0.25) is 0 Å². The van der Waals surface area contributed by atoms with E-state index in [0.29, 0.717) is 16.7 Å². The summed E-state index contributed by atoms with van der Waals surface area (Å²) < 4.78 is 3.91. The topological polar surface area (TPSA) is 72.6 Å². The van der Waals surface area contributed by atoms with Gasteiger partial charge < -0.3 is 0 Å². The summed E-state index contributed by atoms with van der Waals surface area (Å²) in [7, 11) is 0. The zero-order valence-electron chi connectivity index (χ0n) is 11.3. The van der Waals surface area contributed by atoms with Gasteiger partial charge in [-0.25, -0.2) is 3.21 Å². The van der Waals surface area contributed by atoms with Crippen LogP contribution >= 0.6 is 22.9 Å². The number of non-ortho nitro benzene ring substituents is 1. The van der Waals surface area contributed by atoms with Gasteiger partial charge in [-0.15, -0.1) is 0 Å². The van der Waals surface area contributed by atoms with E-state index in [4.69, 9.17) is 0 Å². The molecule has 2 aromatic carbocycles. The van der Waals surface area contributed by atoms with Crippen LogP contribution in [-0.4, -0.2) is 16.9 Å². The summed E-state index contributed by atoms with van der Waals surface area (Å²) in [6.45, 7) is 0. The first-order valence-electron chi connectivity index (χ1n) is 6.32. The average molecular weight is 406 g/mol. The Labute approximate surface area is 141 Å². The van der Waals surface area contributed by atoms with Crippen LogP contribution in [0.15, 0.2) is 63.9 Å². The zero-order valence-corrected chi connectivity index (χ0v) is 13.5. The van der Waals surface area contributed by atoms with E-state index in [1.807, 2.05) is 28.9 Å². The van der Waals surface area contributed by atoms with Gasteiger partial charge in [0.25, 0.3) is 5.69 Å². The number of benzene rings is 2. The number of allylic oxidation sites excluding steroid dienone is 2. The van der Waals surface area contributed by atoms with Gasteiger partial charge in [0.05, 0.1) is 27.8 Å². The van der Waals surface area contributed by atoms with Crippen LogP contribution in [0.2, 0.25) is 0 Å². The summed E-state index contributed by atoms with van der Waals surface area (Å²) in [5.74, 6) is -0.148. The fourth-order valence-corrected chi connectivity index (χ4v) is 2.15. The Hall–Kier alpha value is -2.35. The molecule has 0 unspecified atom stereocenters. The smallest absolute Gasteiger partial charge is 0.269 e. The molecule has 2 rings (SSSR count). The quantitative estimate of drug-likeness (QED) is 0.186. The lowest BCUT2D eigenvalue weighted by molar-refractivity contribution is -0.384. The van der Waals surface area contributed by atoms with Crippen molar-refractivity contribution in [2.24, 2.45) is 3.21 Å². The van der Waals surface area contributed by atoms with Crippen LogP contribution in [0.5, 0.6) is 0 Å². The average Bonchev–Trinajstić information content (AvgIpc) is 2.55. The molecular weight excluding hydrogens is 395 g/mol. The molecule has 2 aromatic rings. The first-order chi connectivity index (χ1) is 10.6. The fourth-order valence-electron chi connectivity index (χ4n) is 1.85. The molecule has 22 heavy (non-hydrogen) atoms. The Morgan fingerprint density at radius 1 is 1.05 bits per heavy atom. The van der Waals surface area contributed by atoms with Crippen molar-refractivity contribution < 1.29 is 9.72 Å². The van der Waals surface area contributed by atoms with Crippen LogP contribution in [-0.2, 0) is 0 Å². The molecule has 0 aliphatic carbocycles. The van der Waals surface area contributed by atoms with Crippen LogP contribution in [0, 0.1) is 10.1 Å². The standard InChI is InChI=1S/C16H11IN2O3/c17-18-11-14(10-16(20)13-4-2-1-3-5-13)12-6-8-15(9-7-12)19(21)22/h1-11H/b14-10+,18-11+. The molecule has 0 bridgehead atoms. The zero-order chi connectivity index (χ0) is 15.9. The number of ketones is 1. The number of halogens is 1. The highest BCUT2D eigenvalue weighted by Gasteiger charge is 2.08. The lowest BCUT2D eigenvalue weighted by Crippen LogP contribution is -1.97. The molecule has 0 heterocycles. The van der Waals surface area contributed by atoms with Crippen LogP contribution in [0.25, 0.3) is 5.57 Å². The molecule has 0 radical (unpaired) electrons. The third kappa shape index (κ3) is 4.08. The van der Waals surface area contributed by atoms with Crippen molar-refractivity contribution in [3.8, 4) is 0 Å². The Morgan fingerprint density at radius 3 is 2.23 bits per heavy atom. The second-order valence-electron chi connectivity index (χ2n) is 4.36. The SMILES string of the molecule is O=C(/C=C(\C=N\I)c1ccc([N+](=O)[O-])cc1)c1ccccc1. The van der Waals surface area contributed by atoms with Gasteiger partial charge >= 0.3 is 0 Å². The Kier molecular flexibility index (Phi) is 5.54. The molecule has 110 valence electrons. The van der Waals surface area contributed by atoms with Crippen LogP contribution in [0.1, 0.15) is 15.9 Å². The fraction of sp³-hybridized carbons (Fsp3) is 0. The minimum Gasteiger partial charge on any atom is -0.289 e. The van der Waals surface area contributed by atoms with Gasteiger partial charge in [-0.2, -0.15) is 0 Å². The molecule has 0 saturated carbocycles. The van der Waals surface area contributed by atoms with Gasteiger partial charge in [-0.3, -0.25) is 14.9 Å². The van der Waals surface area contributed by atoms with E-state index in [1.165, 1.54) is 18.2 Å². The van der Waals surface area contributed by atoms with Crippen molar-refractivity contribution in [2.45, 2.75) is 0 Å². The maximum atomic E-state index is 12.2. The molecule has 0 fully saturated rings. The van der Waals surface area contributed by atoms with Gasteiger partial charge in [-0.1, -0.05) is 30.3 Å². The number of carbonyl (C=O) groups excluding carboxylic acids is 1. The van der Waals surface area contributed by atoms with E-state index >= 15 is 0 Å². The summed E-state index contributed by atoms with van der Waals surface area (Å²) in [4.78, 5) is 22.4. The minimum absolute atomic E-state index is 0.00361. The number of nitro benzene ring substituents is 1. The first kappa shape index (κ1) is 16.0. The van der Waals surface area contributed by atoms with E-state index in [9.17, 15) is 14.9 Å². The lowest BCUT2D eigenvalue weighted by atomic mass is 10.0. The van der Waals surface area contributed by atoms with E-state index in [-0.39, 0.29) is 11.5 Å². The summed E-state index contributed by atoms with van der Waals surface area (Å²) in [5.41, 5.74) is 1.86. The number of nitrogens with zero attached hydrogens (tertiary/aromatic N) is 2. The predicted octanol–water partition coefficient (Wildman–Crippen LogP) is 4.28. The van der Waals surface area contributed by atoms with Crippen LogP contribution in [0.3, 0.4) is 0 Å². The van der Waals surface area contributed by atoms with E-state index in [1.54, 1.807) is 42.6 Å². The Balaban J connectivity index is 2.35. The molecule has 0 amide bonds. The number of carbonyl (C=O) groups is 1. The molecule has 5 nitrogen and oxygen atoms in total. The first-order valence-corrected chi connectivity index (χ1v) is 7.28.